The number of rotatable bonds is 7. The summed E-state index contributed by atoms with van der Waals surface area (Å²) in [5, 5.41) is 2.91. The van der Waals surface area contributed by atoms with E-state index in [4.69, 9.17) is 0 Å². The average Bonchev–Trinajstić information content (AvgIpc) is 3.60. The minimum absolute atomic E-state index is 0.0605. The monoisotopic (exact) mass is 539 g/mol. The third-order valence-corrected chi connectivity index (χ3v) is 8.13. The number of Topliss-reactive ketones (excluding diaryl/α,β-unsaturated/α-hetero) is 1. The first-order chi connectivity index (χ1) is 19.2. The van der Waals surface area contributed by atoms with Gasteiger partial charge in [-0.3, -0.25) is 14.6 Å². The van der Waals surface area contributed by atoms with Crippen LogP contribution < -0.4 is 5.32 Å². The number of amides is 1. The van der Waals surface area contributed by atoms with Crippen LogP contribution in [0.1, 0.15) is 57.8 Å². The molecule has 6 rings (SSSR count). The lowest BCUT2D eigenvalue weighted by molar-refractivity contribution is -0.120. The molecule has 1 aliphatic carbocycles. The Bertz CT molecular complexity index is 1660. The number of carbonyl (C=O) groups is 2. The summed E-state index contributed by atoms with van der Waals surface area (Å²) in [6.45, 7) is 1.79. The van der Waals surface area contributed by atoms with Gasteiger partial charge in [0.05, 0.1) is 5.41 Å². The summed E-state index contributed by atoms with van der Waals surface area (Å²) in [4.78, 5) is 39.7. The van der Waals surface area contributed by atoms with Crippen LogP contribution in [0.25, 0.3) is 6.08 Å². The number of benzene rings is 1. The second kappa shape index (κ2) is 9.89. The number of imidazole rings is 1. The van der Waals surface area contributed by atoms with Crippen molar-refractivity contribution < 1.29 is 18.4 Å². The molecular formula is C31H27F2N5O2. The highest BCUT2D eigenvalue weighted by Crippen LogP contribution is 2.46. The van der Waals surface area contributed by atoms with E-state index >= 15 is 0 Å². The largest absolute Gasteiger partial charge is 0.332 e. The van der Waals surface area contributed by atoms with Crippen molar-refractivity contribution in [2.75, 3.05) is 5.32 Å². The van der Waals surface area contributed by atoms with Gasteiger partial charge < -0.3 is 9.88 Å². The van der Waals surface area contributed by atoms with Crippen LogP contribution in [0, 0.1) is 17.6 Å². The lowest BCUT2D eigenvalue weighted by Gasteiger charge is -2.22. The van der Waals surface area contributed by atoms with E-state index in [1.807, 2.05) is 30.4 Å². The van der Waals surface area contributed by atoms with Crippen molar-refractivity contribution in [1.82, 2.24) is 19.5 Å². The molecule has 0 fully saturated rings. The first-order valence-electron chi connectivity index (χ1n) is 13.1. The Labute approximate surface area is 230 Å². The number of nitrogens with one attached hydrogen (secondary N) is 1. The van der Waals surface area contributed by atoms with Crippen LogP contribution in [-0.4, -0.2) is 31.2 Å². The number of aromatic nitrogens is 4. The number of hydrogen-bond acceptors (Lipinski definition) is 5. The average molecular weight is 540 g/mol. The molecule has 1 unspecified atom stereocenters. The zero-order valence-corrected chi connectivity index (χ0v) is 22.1. The van der Waals surface area contributed by atoms with Gasteiger partial charge in [0.2, 0.25) is 11.7 Å². The Hall–Kier alpha value is -4.53. The molecule has 202 valence electrons. The quantitative estimate of drug-likeness (QED) is 0.327. The predicted molar refractivity (Wildman–Crippen MR) is 146 cm³/mol. The molecule has 0 saturated heterocycles. The number of aryl methyl sites for hydroxylation is 1. The van der Waals surface area contributed by atoms with Gasteiger partial charge in [0.25, 0.3) is 0 Å². The van der Waals surface area contributed by atoms with E-state index in [0.717, 1.165) is 28.5 Å². The van der Waals surface area contributed by atoms with E-state index in [-0.39, 0.29) is 17.5 Å². The fourth-order valence-electron chi connectivity index (χ4n) is 5.95. The summed E-state index contributed by atoms with van der Waals surface area (Å²) in [7, 11) is 1.74. The lowest BCUT2D eigenvalue weighted by Crippen LogP contribution is -2.35. The Kier molecular flexibility index (Phi) is 6.37. The molecule has 4 heterocycles. The fourth-order valence-corrected chi connectivity index (χ4v) is 5.95. The van der Waals surface area contributed by atoms with Crippen molar-refractivity contribution in [2.45, 2.75) is 37.5 Å². The topological polar surface area (TPSA) is 89.8 Å². The molecule has 3 atom stereocenters. The molecule has 4 aromatic rings. The van der Waals surface area contributed by atoms with Crippen LogP contribution in [0.2, 0.25) is 0 Å². The molecule has 9 heteroatoms. The molecule has 7 nitrogen and oxygen atoms in total. The zero-order chi connectivity index (χ0) is 28.0. The first-order valence-corrected chi connectivity index (χ1v) is 13.1. The van der Waals surface area contributed by atoms with Gasteiger partial charge in [-0.1, -0.05) is 25.1 Å². The van der Waals surface area contributed by atoms with Crippen LogP contribution in [0.15, 0.2) is 67.3 Å². The summed E-state index contributed by atoms with van der Waals surface area (Å²) in [6, 6.07) is 9.16. The molecule has 1 amide bonds. The summed E-state index contributed by atoms with van der Waals surface area (Å²) in [6.07, 6.45) is 11.8. The van der Waals surface area contributed by atoms with Crippen molar-refractivity contribution in [2.24, 2.45) is 13.0 Å². The minimum Gasteiger partial charge on any atom is -0.332 e. The van der Waals surface area contributed by atoms with Crippen LogP contribution in [0.4, 0.5) is 14.6 Å². The maximum Gasteiger partial charge on any atom is 0.237 e. The number of carbonyl (C=O) groups excluding carboxylic acids is 2. The Morgan fingerprint density at radius 1 is 1.12 bits per heavy atom. The third kappa shape index (κ3) is 4.41. The highest BCUT2D eigenvalue weighted by atomic mass is 19.1. The number of allylic oxidation sites excluding steroid dienone is 1. The third-order valence-electron chi connectivity index (χ3n) is 8.13. The number of halogens is 2. The fraction of sp³-hybridized carbons (Fsp3) is 0.258. The highest BCUT2D eigenvalue weighted by Gasteiger charge is 2.51. The second-order valence-electron chi connectivity index (χ2n) is 10.6. The predicted octanol–water partition coefficient (Wildman–Crippen LogP) is 5.18. The van der Waals surface area contributed by atoms with Crippen molar-refractivity contribution in [3.63, 3.8) is 0 Å². The highest BCUT2D eigenvalue weighted by molar-refractivity contribution is 6.06. The molecule has 1 spiro atoms. The van der Waals surface area contributed by atoms with Crippen molar-refractivity contribution >= 4 is 23.6 Å². The van der Waals surface area contributed by atoms with Crippen LogP contribution in [0.3, 0.4) is 0 Å². The number of anilines is 1. The molecule has 3 aromatic heterocycles. The summed E-state index contributed by atoms with van der Waals surface area (Å²) >= 11 is 0. The van der Waals surface area contributed by atoms with Gasteiger partial charge >= 0.3 is 0 Å². The smallest absolute Gasteiger partial charge is 0.237 e. The SMILES string of the molecule is C[C@H](c1cc(F)cc(F)c1)C(C/C=C/c1cnc2c(c1)C[C@@]1(C2)C(=O)Nc2ncccc21)C(=O)c1nccn1C. The van der Waals surface area contributed by atoms with Gasteiger partial charge in [0.1, 0.15) is 17.5 Å². The summed E-state index contributed by atoms with van der Waals surface area (Å²) in [5.74, 6) is -1.80. The van der Waals surface area contributed by atoms with E-state index in [1.165, 1.54) is 12.1 Å². The summed E-state index contributed by atoms with van der Waals surface area (Å²) < 4.78 is 29.6. The number of pyridine rings is 2. The van der Waals surface area contributed by atoms with Gasteiger partial charge in [0.15, 0.2) is 5.82 Å². The molecular weight excluding hydrogens is 512 g/mol. The molecule has 40 heavy (non-hydrogen) atoms. The maximum absolute atomic E-state index is 14.0. The Balaban J connectivity index is 1.25. The maximum atomic E-state index is 14.0. The van der Waals surface area contributed by atoms with Crippen molar-refractivity contribution in [3.05, 3.63) is 113 Å². The minimum atomic E-state index is -0.698. The molecule has 0 saturated carbocycles. The van der Waals surface area contributed by atoms with E-state index in [1.54, 1.807) is 43.3 Å². The van der Waals surface area contributed by atoms with Crippen LogP contribution in [-0.2, 0) is 30.1 Å². The van der Waals surface area contributed by atoms with Crippen molar-refractivity contribution in [1.29, 1.82) is 0 Å². The molecule has 1 aromatic carbocycles. The second-order valence-corrected chi connectivity index (χ2v) is 10.6. The Morgan fingerprint density at radius 3 is 2.67 bits per heavy atom. The van der Waals surface area contributed by atoms with Gasteiger partial charge in [-0.2, -0.15) is 0 Å². The molecule has 1 aliphatic heterocycles. The summed E-state index contributed by atoms with van der Waals surface area (Å²) in [5.41, 5.74) is 3.33. The van der Waals surface area contributed by atoms with Crippen molar-refractivity contribution in [3.8, 4) is 0 Å². The van der Waals surface area contributed by atoms with E-state index in [2.05, 4.69) is 20.3 Å². The van der Waals surface area contributed by atoms with E-state index in [9.17, 15) is 18.4 Å². The standard InChI is InChI=1S/C31H27F2N5O2/c1-18(20-12-22(32)14-23(33)13-20)24(27(39)29-35-9-10-38(29)2)6-3-5-19-11-21-15-31(16-26(21)36-17-19)25-7-4-8-34-28(25)37-30(31)40/h3-5,7-14,17-18,24H,6,15-16H2,1-2H3,(H,34,37,40)/b5-3+/t18-,24?,31+/m1/s1. The number of ketones is 1. The van der Waals surface area contributed by atoms with E-state index in [0.29, 0.717) is 30.6 Å². The van der Waals surface area contributed by atoms with Gasteiger partial charge in [-0.05, 0) is 59.7 Å². The van der Waals surface area contributed by atoms with Crippen LogP contribution >= 0.6 is 0 Å². The molecule has 0 bridgehead atoms. The van der Waals surface area contributed by atoms with Gasteiger partial charge in [-0.15, -0.1) is 0 Å². The van der Waals surface area contributed by atoms with Gasteiger partial charge in [-0.25, -0.2) is 18.7 Å². The lowest BCUT2D eigenvalue weighted by atomic mass is 9.80. The van der Waals surface area contributed by atoms with Gasteiger partial charge in [0, 0.05) is 61.5 Å². The molecule has 1 N–H and O–H groups in total. The van der Waals surface area contributed by atoms with E-state index < -0.39 is 28.9 Å². The van der Waals surface area contributed by atoms with Crippen LogP contribution in [0.5, 0.6) is 0 Å². The first kappa shape index (κ1) is 25.7. The molecule has 2 aliphatic rings. The number of nitrogens with zero attached hydrogens (tertiary/aromatic N) is 4. The number of fused-ring (bicyclic) bond motifs is 3. The molecule has 0 radical (unpaired) electrons. The normalized spacial score (nSPS) is 19.1. The Morgan fingerprint density at radius 2 is 1.93 bits per heavy atom. The number of hydrogen-bond donors (Lipinski definition) is 1. The zero-order valence-electron chi connectivity index (χ0n) is 22.1.